The molecule has 0 saturated carbocycles. The van der Waals surface area contributed by atoms with E-state index in [-0.39, 0.29) is 22.6 Å². The molecular weight excluding hydrogens is 200 g/mol. The van der Waals surface area contributed by atoms with Gasteiger partial charge in [-0.1, -0.05) is 0 Å². The van der Waals surface area contributed by atoms with Crippen LogP contribution in [0.3, 0.4) is 0 Å². The SMILES string of the molecule is OCc1cncc(CCl)c1C(F)F. The van der Waals surface area contributed by atoms with Crippen molar-refractivity contribution < 1.29 is 13.9 Å². The summed E-state index contributed by atoms with van der Waals surface area (Å²) in [7, 11) is 0. The number of halogens is 3. The first kappa shape index (κ1) is 10.3. The zero-order chi connectivity index (χ0) is 9.84. The minimum absolute atomic E-state index is 0.0273. The summed E-state index contributed by atoms with van der Waals surface area (Å²) in [6, 6.07) is 0. The van der Waals surface area contributed by atoms with Crippen molar-refractivity contribution >= 4 is 11.6 Å². The van der Waals surface area contributed by atoms with Gasteiger partial charge < -0.3 is 5.11 Å². The molecule has 0 fully saturated rings. The Morgan fingerprint density at radius 1 is 1.38 bits per heavy atom. The number of hydrogen-bond donors (Lipinski definition) is 1. The molecule has 72 valence electrons. The lowest BCUT2D eigenvalue weighted by molar-refractivity contribution is 0.146. The third-order valence-corrected chi connectivity index (χ3v) is 1.97. The number of pyridine rings is 1. The molecule has 0 amide bonds. The van der Waals surface area contributed by atoms with Gasteiger partial charge in [0.15, 0.2) is 0 Å². The smallest absolute Gasteiger partial charge is 0.264 e. The molecule has 0 aliphatic rings. The Morgan fingerprint density at radius 3 is 2.46 bits per heavy atom. The van der Waals surface area contributed by atoms with Gasteiger partial charge in [-0.2, -0.15) is 0 Å². The number of aromatic nitrogens is 1. The Kier molecular flexibility index (Phi) is 3.57. The van der Waals surface area contributed by atoms with E-state index in [4.69, 9.17) is 16.7 Å². The fourth-order valence-electron chi connectivity index (χ4n) is 1.08. The van der Waals surface area contributed by atoms with Crippen molar-refractivity contribution in [2.75, 3.05) is 0 Å². The van der Waals surface area contributed by atoms with Gasteiger partial charge >= 0.3 is 0 Å². The van der Waals surface area contributed by atoms with Gasteiger partial charge in [0.2, 0.25) is 0 Å². The van der Waals surface area contributed by atoms with Crippen LogP contribution < -0.4 is 0 Å². The number of hydrogen-bond acceptors (Lipinski definition) is 2. The maximum Gasteiger partial charge on any atom is 0.264 e. The number of aliphatic hydroxyl groups excluding tert-OH is 1. The van der Waals surface area contributed by atoms with E-state index in [1.54, 1.807) is 0 Å². The van der Waals surface area contributed by atoms with Crippen LogP contribution in [0.2, 0.25) is 0 Å². The molecule has 0 bridgehead atoms. The number of alkyl halides is 3. The molecule has 1 N–H and O–H groups in total. The molecule has 0 unspecified atom stereocenters. The van der Waals surface area contributed by atoms with Gasteiger partial charge in [0, 0.05) is 29.4 Å². The van der Waals surface area contributed by atoms with Gasteiger partial charge in [0.25, 0.3) is 6.43 Å². The molecule has 0 atom stereocenters. The molecular formula is C8H8ClF2NO. The van der Waals surface area contributed by atoms with Crippen LogP contribution in [0.25, 0.3) is 0 Å². The van der Waals surface area contributed by atoms with Crippen molar-refractivity contribution in [3.63, 3.8) is 0 Å². The molecule has 13 heavy (non-hydrogen) atoms. The predicted molar refractivity (Wildman–Crippen MR) is 44.7 cm³/mol. The topological polar surface area (TPSA) is 33.1 Å². The van der Waals surface area contributed by atoms with E-state index in [9.17, 15) is 8.78 Å². The quantitative estimate of drug-likeness (QED) is 0.772. The molecule has 1 aromatic rings. The minimum atomic E-state index is -2.63. The second kappa shape index (κ2) is 4.48. The summed E-state index contributed by atoms with van der Waals surface area (Å²) in [6.45, 7) is -0.447. The molecule has 1 heterocycles. The first-order valence-corrected chi connectivity index (χ1v) is 4.14. The summed E-state index contributed by atoms with van der Waals surface area (Å²) < 4.78 is 24.9. The van der Waals surface area contributed by atoms with Crippen LogP contribution >= 0.6 is 11.6 Å². The Labute approximate surface area is 79.2 Å². The second-order valence-corrected chi connectivity index (χ2v) is 2.73. The van der Waals surface area contributed by atoms with Crippen molar-refractivity contribution in [2.24, 2.45) is 0 Å². The van der Waals surface area contributed by atoms with Crippen LogP contribution in [0.4, 0.5) is 8.78 Å². The second-order valence-electron chi connectivity index (χ2n) is 2.46. The highest BCUT2D eigenvalue weighted by Crippen LogP contribution is 2.27. The van der Waals surface area contributed by atoms with Gasteiger partial charge in [-0.05, 0) is 5.56 Å². The highest BCUT2D eigenvalue weighted by molar-refractivity contribution is 6.17. The molecule has 0 saturated heterocycles. The van der Waals surface area contributed by atoms with Crippen LogP contribution in [0.1, 0.15) is 23.1 Å². The fraction of sp³-hybridized carbons (Fsp3) is 0.375. The van der Waals surface area contributed by atoms with E-state index >= 15 is 0 Å². The third kappa shape index (κ3) is 2.14. The van der Waals surface area contributed by atoms with Crippen molar-refractivity contribution in [3.05, 3.63) is 29.1 Å². The average molecular weight is 208 g/mol. The van der Waals surface area contributed by atoms with E-state index in [0.29, 0.717) is 0 Å². The Bertz CT molecular complexity index is 271. The fourth-order valence-corrected chi connectivity index (χ4v) is 1.29. The predicted octanol–water partition coefficient (Wildman–Crippen LogP) is 2.25. The van der Waals surface area contributed by atoms with E-state index in [0.717, 1.165) is 0 Å². The van der Waals surface area contributed by atoms with Crippen molar-refractivity contribution in [3.8, 4) is 0 Å². The van der Waals surface area contributed by atoms with Gasteiger partial charge in [0.1, 0.15) is 0 Å². The van der Waals surface area contributed by atoms with Gasteiger partial charge in [0.05, 0.1) is 6.61 Å². The van der Waals surface area contributed by atoms with Crippen LogP contribution in [-0.4, -0.2) is 10.1 Å². The van der Waals surface area contributed by atoms with E-state index in [1.807, 2.05) is 0 Å². The summed E-state index contributed by atoms with van der Waals surface area (Å²) in [4.78, 5) is 3.69. The number of nitrogens with zero attached hydrogens (tertiary/aromatic N) is 1. The zero-order valence-corrected chi connectivity index (χ0v) is 7.43. The molecule has 0 aliphatic carbocycles. The summed E-state index contributed by atoms with van der Waals surface area (Å²) >= 11 is 5.45. The Balaban J connectivity index is 3.21. The highest BCUT2D eigenvalue weighted by Gasteiger charge is 2.16. The van der Waals surface area contributed by atoms with Gasteiger partial charge in [-0.3, -0.25) is 4.98 Å². The largest absolute Gasteiger partial charge is 0.392 e. The van der Waals surface area contributed by atoms with Crippen LogP contribution in [0.15, 0.2) is 12.4 Å². The Hall–Kier alpha value is -0.740. The maximum absolute atomic E-state index is 12.5. The van der Waals surface area contributed by atoms with Crippen LogP contribution in [0.5, 0.6) is 0 Å². The van der Waals surface area contributed by atoms with Crippen LogP contribution in [0, 0.1) is 0 Å². The van der Waals surface area contributed by atoms with Crippen molar-refractivity contribution in [1.29, 1.82) is 0 Å². The van der Waals surface area contributed by atoms with Gasteiger partial charge in [-0.25, -0.2) is 8.78 Å². The summed E-state index contributed by atoms with van der Waals surface area (Å²) in [5.41, 5.74) is 0.198. The molecule has 0 aliphatic heterocycles. The number of rotatable bonds is 3. The third-order valence-electron chi connectivity index (χ3n) is 1.69. The van der Waals surface area contributed by atoms with E-state index in [1.165, 1.54) is 12.4 Å². The standard InChI is InChI=1S/C8H8ClF2NO/c9-1-5-2-12-3-6(4-13)7(5)8(10)11/h2-3,8,13H,1,4H2. The molecule has 5 heteroatoms. The maximum atomic E-state index is 12.5. The molecule has 0 spiro atoms. The molecule has 0 radical (unpaired) electrons. The monoisotopic (exact) mass is 207 g/mol. The summed E-state index contributed by atoms with van der Waals surface area (Å²) in [5.74, 6) is -0.0273. The van der Waals surface area contributed by atoms with E-state index < -0.39 is 13.0 Å². The summed E-state index contributed by atoms with van der Waals surface area (Å²) in [5, 5.41) is 8.77. The first-order valence-electron chi connectivity index (χ1n) is 3.61. The van der Waals surface area contributed by atoms with Crippen molar-refractivity contribution in [1.82, 2.24) is 4.98 Å². The molecule has 1 aromatic heterocycles. The lowest BCUT2D eigenvalue weighted by Crippen LogP contribution is -2.00. The van der Waals surface area contributed by atoms with Crippen LogP contribution in [-0.2, 0) is 12.5 Å². The molecule has 0 aromatic carbocycles. The first-order chi connectivity index (χ1) is 6.20. The van der Waals surface area contributed by atoms with E-state index in [2.05, 4.69) is 4.98 Å². The van der Waals surface area contributed by atoms with Crippen molar-refractivity contribution in [2.45, 2.75) is 18.9 Å². The molecule has 1 rings (SSSR count). The summed E-state index contributed by atoms with van der Waals surface area (Å²) in [6.07, 6.45) is -0.121. The Morgan fingerprint density at radius 2 is 2.00 bits per heavy atom. The normalized spacial score (nSPS) is 10.8. The lowest BCUT2D eigenvalue weighted by atomic mass is 10.1. The molecule has 2 nitrogen and oxygen atoms in total. The lowest BCUT2D eigenvalue weighted by Gasteiger charge is -2.09. The highest BCUT2D eigenvalue weighted by atomic mass is 35.5. The van der Waals surface area contributed by atoms with Gasteiger partial charge in [-0.15, -0.1) is 11.6 Å². The average Bonchev–Trinajstić information content (AvgIpc) is 2.16. The zero-order valence-electron chi connectivity index (χ0n) is 6.67. The minimum Gasteiger partial charge on any atom is -0.392 e. The number of aliphatic hydroxyl groups is 1.